The number of hydrogen-bond acceptors (Lipinski definition) is 6. The Morgan fingerprint density at radius 3 is 2.71 bits per heavy atom. The Morgan fingerprint density at radius 1 is 1.38 bits per heavy atom. The highest BCUT2D eigenvalue weighted by molar-refractivity contribution is 5.84. The van der Waals surface area contributed by atoms with E-state index < -0.39 is 0 Å². The third kappa shape index (κ3) is 3.27. The van der Waals surface area contributed by atoms with Gasteiger partial charge in [0.15, 0.2) is 5.65 Å². The normalized spacial score (nSPS) is 11.3. The molecule has 8 heteroatoms. The minimum atomic E-state index is 0.0476. The van der Waals surface area contributed by atoms with Crippen LogP contribution in [0, 0.1) is 0 Å². The van der Waals surface area contributed by atoms with Gasteiger partial charge in [-0.25, -0.2) is 9.97 Å². The Morgan fingerprint density at radius 2 is 2.10 bits per heavy atom. The van der Waals surface area contributed by atoms with E-state index in [0.717, 1.165) is 11.9 Å². The third-order valence-electron chi connectivity index (χ3n) is 3.34. The summed E-state index contributed by atoms with van der Waals surface area (Å²) in [7, 11) is 5.30. The predicted octanol–water partition coefficient (Wildman–Crippen LogP) is -0.144. The maximum Gasteiger partial charge on any atom is 0.236 e. The van der Waals surface area contributed by atoms with Crippen LogP contribution in [0.3, 0.4) is 0 Å². The number of nitrogen functional groups attached to an aromatic ring is 1. The predicted molar refractivity (Wildman–Crippen MR) is 80.4 cm³/mol. The number of aromatic nitrogens is 4. The highest BCUT2D eigenvalue weighted by Crippen LogP contribution is 2.16. The first kappa shape index (κ1) is 15.2. The molecule has 8 nitrogen and oxygen atoms in total. The molecule has 2 rings (SSSR count). The maximum atomic E-state index is 11.8. The first-order chi connectivity index (χ1) is 9.92. The van der Waals surface area contributed by atoms with Crippen LogP contribution in [-0.2, 0) is 18.4 Å². The van der Waals surface area contributed by atoms with Gasteiger partial charge < -0.3 is 10.6 Å². The van der Waals surface area contributed by atoms with E-state index in [-0.39, 0.29) is 5.91 Å². The van der Waals surface area contributed by atoms with E-state index >= 15 is 0 Å². The lowest BCUT2D eigenvalue weighted by molar-refractivity contribution is -0.130. The largest absolute Gasteiger partial charge is 0.383 e. The number of anilines is 1. The third-order valence-corrected chi connectivity index (χ3v) is 3.34. The van der Waals surface area contributed by atoms with Gasteiger partial charge in [0.25, 0.3) is 0 Å². The number of nitrogens with two attached hydrogens (primary N) is 1. The molecule has 1 amide bonds. The van der Waals surface area contributed by atoms with Gasteiger partial charge in [0.1, 0.15) is 11.6 Å². The quantitative estimate of drug-likeness (QED) is 0.824. The van der Waals surface area contributed by atoms with Gasteiger partial charge in [0.05, 0.1) is 24.7 Å². The van der Waals surface area contributed by atoms with Crippen LogP contribution >= 0.6 is 0 Å². The average molecular weight is 291 g/mol. The molecule has 0 aliphatic carbocycles. The molecule has 0 saturated heterocycles. The van der Waals surface area contributed by atoms with Crippen molar-refractivity contribution in [2.75, 3.05) is 32.9 Å². The zero-order valence-electron chi connectivity index (χ0n) is 12.9. The minimum Gasteiger partial charge on any atom is -0.383 e. The number of carbonyl (C=O) groups excluding carboxylic acids is 1. The fourth-order valence-corrected chi connectivity index (χ4v) is 1.97. The first-order valence-corrected chi connectivity index (χ1v) is 6.79. The Labute approximate surface area is 123 Å². The second-order valence-corrected chi connectivity index (χ2v) is 5.12. The molecule has 0 aromatic carbocycles. The maximum absolute atomic E-state index is 11.8. The van der Waals surface area contributed by atoms with Crippen molar-refractivity contribution in [3.05, 3.63) is 12.0 Å². The molecule has 114 valence electrons. The van der Waals surface area contributed by atoms with Crippen molar-refractivity contribution in [3.8, 4) is 0 Å². The number of fused-ring (bicyclic) bond motifs is 1. The van der Waals surface area contributed by atoms with Gasteiger partial charge in [0.2, 0.25) is 5.91 Å². The number of aryl methyl sites for hydroxylation is 1. The van der Waals surface area contributed by atoms with Crippen LogP contribution in [0.4, 0.5) is 5.82 Å². The van der Waals surface area contributed by atoms with Gasteiger partial charge >= 0.3 is 0 Å². The summed E-state index contributed by atoms with van der Waals surface area (Å²) in [5, 5.41) is 4.87. The molecule has 0 saturated carbocycles. The first-order valence-electron chi connectivity index (χ1n) is 6.79. The molecule has 0 atom stereocenters. The molecule has 0 unspecified atom stereocenters. The van der Waals surface area contributed by atoms with Crippen LogP contribution in [0.25, 0.3) is 11.0 Å². The van der Waals surface area contributed by atoms with E-state index in [1.165, 1.54) is 0 Å². The molecule has 0 radical (unpaired) electrons. The summed E-state index contributed by atoms with van der Waals surface area (Å²) in [6.45, 7) is 3.53. The van der Waals surface area contributed by atoms with E-state index in [1.807, 2.05) is 18.9 Å². The molecule has 2 heterocycles. The van der Waals surface area contributed by atoms with Crippen LogP contribution in [0.1, 0.15) is 12.7 Å². The molecule has 0 spiro atoms. The Bertz CT molecular complexity index is 649. The van der Waals surface area contributed by atoms with Crippen molar-refractivity contribution in [2.24, 2.45) is 7.05 Å². The summed E-state index contributed by atoms with van der Waals surface area (Å²) in [4.78, 5) is 24.1. The van der Waals surface area contributed by atoms with E-state index in [1.54, 1.807) is 29.9 Å². The zero-order valence-corrected chi connectivity index (χ0v) is 12.9. The molecular weight excluding hydrogens is 270 g/mol. The summed E-state index contributed by atoms with van der Waals surface area (Å²) in [6.07, 6.45) is 1.65. The molecule has 0 fully saturated rings. The van der Waals surface area contributed by atoms with Crippen molar-refractivity contribution in [1.29, 1.82) is 0 Å². The van der Waals surface area contributed by atoms with Crippen LogP contribution in [0.5, 0.6) is 0 Å². The van der Waals surface area contributed by atoms with Crippen LogP contribution in [0.2, 0.25) is 0 Å². The number of likely N-dealkylation sites (N-methyl/N-ethyl adjacent to an activating group) is 2. The highest BCUT2D eigenvalue weighted by Gasteiger charge is 2.15. The van der Waals surface area contributed by atoms with Gasteiger partial charge in [-0.2, -0.15) is 5.10 Å². The summed E-state index contributed by atoms with van der Waals surface area (Å²) in [6, 6.07) is 0. The van der Waals surface area contributed by atoms with Gasteiger partial charge in [-0.05, 0) is 6.54 Å². The summed E-state index contributed by atoms with van der Waals surface area (Å²) in [5.41, 5.74) is 6.64. The lowest BCUT2D eigenvalue weighted by atomic mass is 10.3. The van der Waals surface area contributed by atoms with E-state index in [4.69, 9.17) is 5.73 Å². The fourth-order valence-electron chi connectivity index (χ4n) is 1.97. The van der Waals surface area contributed by atoms with Gasteiger partial charge in [-0.15, -0.1) is 0 Å². The van der Waals surface area contributed by atoms with Crippen molar-refractivity contribution >= 4 is 22.8 Å². The fraction of sp³-hybridized carbons (Fsp3) is 0.538. The molecular formula is C13H21N7O. The topological polar surface area (TPSA) is 93.2 Å². The molecule has 2 aromatic rings. The molecule has 2 N–H and O–H groups in total. The number of carbonyl (C=O) groups is 1. The second-order valence-electron chi connectivity index (χ2n) is 5.12. The lowest BCUT2D eigenvalue weighted by Crippen LogP contribution is -2.36. The van der Waals surface area contributed by atoms with Crippen LogP contribution in [0.15, 0.2) is 6.20 Å². The molecule has 0 aliphatic rings. The molecule has 0 bridgehead atoms. The van der Waals surface area contributed by atoms with Crippen molar-refractivity contribution in [1.82, 2.24) is 29.5 Å². The van der Waals surface area contributed by atoms with Crippen molar-refractivity contribution < 1.29 is 4.79 Å². The SMILES string of the molecule is CCN(CC(=O)N(C)C)Cc1nc(N)c2cnn(C)c2n1. The zero-order chi connectivity index (χ0) is 15.6. The van der Waals surface area contributed by atoms with Crippen molar-refractivity contribution in [3.63, 3.8) is 0 Å². The molecule has 21 heavy (non-hydrogen) atoms. The summed E-state index contributed by atoms with van der Waals surface area (Å²) >= 11 is 0. The lowest BCUT2D eigenvalue weighted by Gasteiger charge is -2.21. The van der Waals surface area contributed by atoms with Gasteiger partial charge in [-0.1, -0.05) is 6.92 Å². The monoisotopic (exact) mass is 291 g/mol. The average Bonchev–Trinajstić information content (AvgIpc) is 2.80. The standard InChI is InChI=1S/C13H21N7O/c1-5-20(8-11(21)18(2)3)7-10-16-12(14)9-6-15-19(4)13(9)17-10/h6H,5,7-8H2,1-4H3,(H2,14,16,17). The van der Waals surface area contributed by atoms with Gasteiger partial charge in [0, 0.05) is 21.1 Å². The highest BCUT2D eigenvalue weighted by atomic mass is 16.2. The minimum absolute atomic E-state index is 0.0476. The smallest absolute Gasteiger partial charge is 0.236 e. The van der Waals surface area contributed by atoms with E-state index in [9.17, 15) is 4.79 Å². The number of nitrogens with zero attached hydrogens (tertiary/aromatic N) is 6. The Hall–Kier alpha value is -2.22. The Kier molecular flexibility index (Phi) is 4.37. The second kappa shape index (κ2) is 6.04. The molecule has 2 aromatic heterocycles. The van der Waals surface area contributed by atoms with E-state index in [2.05, 4.69) is 15.1 Å². The van der Waals surface area contributed by atoms with Crippen molar-refractivity contribution in [2.45, 2.75) is 13.5 Å². The van der Waals surface area contributed by atoms with Gasteiger partial charge in [-0.3, -0.25) is 14.4 Å². The number of hydrogen-bond donors (Lipinski definition) is 1. The summed E-state index contributed by atoms with van der Waals surface area (Å²) < 4.78 is 1.66. The number of rotatable bonds is 5. The summed E-state index contributed by atoms with van der Waals surface area (Å²) in [5.74, 6) is 1.06. The number of amides is 1. The van der Waals surface area contributed by atoms with E-state index in [0.29, 0.717) is 30.4 Å². The molecule has 0 aliphatic heterocycles. The van der Waals surface area contributed by atoms with Crippen LogP contribution in [-0.4, -0.2) is 62.6 Å². The Balaban J connectivity index is 2.21. The van der Waals surface area contributed by atoms with Crippen LogP contribution < -0.4 is 5.73 Å².